The Kier molecular flexibility index (Phi) is 4.74. The van der Waals surface area contributed by atoms with Gasteiger partial charge >= 0.3 is 0 Å². The Labute approximate surface area is 171 Å². The molecule has 0 unspecified atom stereocenters. The summed E-state index contributed by atoms with van der Waals surface area (Å²) in [5.74, 6) is 0.323. The number of nitrogens with zero attached hydrogens (tertiary/aromatic N) is 2. The van der Waals surface area contributed by atoms with Crippen molar-refractivity contribution in [3.05, 3.63) is 68.9 Å². The molecule has 0 amide bonds. The molecule has 0 aliphatic carbocycles. The first-order valence-corrected chi connectivity index (χ1v) is 10.7. The van der Waals surface area contributed by atoms with E-state index in [9.17, 15) is 0 Å². The standard InChI is InChI=1S/C22H22Br2N2/c1-4-25-12-19(17-10-15(23)6-8-21(17)25)14(3)20-13-26(5-2)22-9-7-16(24)11-18(20)22/h6-14H,4-5H2,1-3H3. The zero-order valence-corrected chi connectivity index (χ0v) is 18.4. The molecule has 0 radical (unpaired) electrons. The zero-order valence-electron chi connectivity index (χ0n) is 15.3. The number of aryl methyl sites for hydroxylation is 2. The average molecular weight is 474 g/mol. The van der Waals surface area contributed by atoms with Gasteiger partial charge in [-0.15, -0.1) is 0 Å². The third-order valence-electron chi connectivity index (χ3n) is 5.36. The molecule has 0 aliphatic heterocycles. The smallest absolute Gasteiger partial charge is 0.0484 e. The summed E-state index contributed by atoms with van der Waals surface area (Å²) >= 11 is 7.30. The Balaban J connectivity index is 1.95. The molecule has 4 aromatic rings. The fourth-order valence-electron chi connectivity index (χ4n) is 3.97. The van der Waals surface area contributed by atoms with Crippen molar-refractivity contribution < 1.29 is 0 Å². The topological polar surface area (TPSA) is 9.86 Å². The summed E-state index contributed by atoms with van der Waals surface area (Å²) in [6.45, 7) is 8.69. The monoisotopic (exact) mass is 472 g/mol. The summed E-state index contributed by atoms with van der Waals surface area (Å²) in [5, 5.41) is 2.67. The normalized spacial score (nSPS) is 11.9. The molecular weight excluding hydrogens is 452 g/mol. The Morgan fingerprint density at radius 1 is 0.769 bits per heavy atom. The van der Waals surface area contributed by atoms with E-state index < -0.39 is 0 Å². The number of halogens is 2. The van der Waals surface area contributed by atoms with Crippen LogP contribution < -0.4 is 0 Å². The molecule has 4 rings (SSSR count). The molecule has 2 aromatic carbocycles. The number of rotatable bonds is 4. The first-order chi connectivity index (χ1) is 12.5. The van der Waals surface area contributed by atoms with Crippen LogP contribution in [0.25, 0.3) is 21.8 Å². The van der Waals surface area contributed by atoms with Crippen molar-refractivity contribution >= 4 is 53.7 Å². The van der Waals surface area contributed by atoms with Crippen LogP contribution in [0.4, 0.5) is 0 Å². The highest BCUT2D eigenvalue weighted by Crippen LogP contribution is 2.38. The van der Waals surface area contributed by atoms with Gasteiger partial charge in [-0.25, -0.2) is 0 Å². The van der Waals surface area contributed by atoms with Crippen LogP contribution in [0.5, 0.6) is 0 Å². The molecule has 2 heterocycles. The molecule has 0 aliphatic rings. The average Bonchev–Trinajstić information content (AvgIpc) is 3.18. The molecule has 0 saturated heterocycles. The highest BCUT2D eigenvalue weighted by molar-refractivity contribution is 9.10. The Morgan fingerprint density at radius 3 is 1.58 bits per heavy atom. The van der Waals surface area contributed by atoms with Gasteiger partial charge < -0.3 is 9.13 Å². The van der Waals surface area contributed by atoms with Gasteiger partial charge in [-0.05, 0) is 61.4 Å². The van der Waals surface area contributed by atoms with Crippen molar-refractivity contribution in [2.24, 2.45) is 0 Å². The molecule has 134 valence electrons. The predicted molar refractivity (Wildman–Crippen MR) is 118 cm³/mol. The second-order valence-corrected chi connectivity index (χ2v) is 8.62. The van der Waals surface area contributed by atoms with Gasteiger partial charge in [0.1, 0.15) is 0 Å². The lowest BCUT2D eigenvalue weighted by Gasteiger charge is -2.10. The number of hydrogen-bond acceptors (Lipinski definition) is 0. The zero-order chi connectivity index (χ0) is 18.4. The maximum Gasteiger partial charge on any atom is 0.0484 e. The third kappa shape index (κ3) is 2.84. The van der Waals surface area contributed by atoms with Gasteiger partial charge in [0.25, 0.3) is 0 Å². The SMILES string of the molecule is CCn1cc(C(C)c2cn(CC)c3ccc(Br)cc23)c2cc(Br)ccc21. The quantitative estimate of drug-likeness (QED) is 0.294. The maximum absolute atomic E-state index is 3.65. The van der Waals surface area contributed by atoms with Gasteiger partial charge in [-0.3, -0.25) is 0 Å². The summed E-state index contributed by atoms with van der Waals surface area (Å²) in [7, 11) is 0. The molecule has 0 spiro atoms. The Morgan fingerprint density at radius 2 is 1.19 bits per heavy atom. The van der Waals surface area contributed by atoms with Gasteiger partial charge in [0.15, 0.2) is 0 Å². The van der Waals surface area contributed by atoms with Gasteiger partial charge in [0.2, 0.25) is 0 Å². The van der Waals surface area contributed by atoms with E-state index in [4.69, 9.17) is 0 Å². The van der Waals surface area contributed by atoms with Crippen LogP contribution in [0.1, 0.15) is 37.8 Å². The Hall–Kier alpha value is -1.52. The molecular formula is C22H22Br2N2. The van der Waals surface area contributed by atoms with E-state index >= 15 is 0 Å². The number of hydrogen-bond donors (Lipinski definition) is 0. The summed E-state index contributed by atoms with van der Waals surface area (Å²) in [4.78, 5) is 0. The minimum atomic E-state index is 0.323. The van der Waals surface area contributed by atoms with Crippen molar-refractivity contribution in [3.8, 4) is 0 Å². The number of aromatic nitrogens is 2. The van der Waals surface area contributed by atoms with Crippen molar-refractivity contribution in [2.75, 3.05) is 0 Å². The highest BCUT2D eigenvalue weighted by Gasteiger charge is 2.20. The second kappa shape index (κ2) is 6.90. The number of fused-ring (bicyclic) bond motifs is 2. The first kappa shape index (κ1) is 17.9. The summed E-state index contributed by atoms with van der Waals surface area (Å²) < 4.78 is 6.96. The minimum absolute atomic E-state index is 0.323. The molecule has 26 heavy (non-hydrogen) atoms. The summed E-state index contributed by atoms with van der Waals surface area (Å²) in [6.07, 6.45) is 4.66. The first-order valence-electron chi connectivity index (χ1n) is 9.10. The lowest BCUT2D eigenvalue weighted by Crippen LogP contribution is -1.95. The minimum Gasteiger partial charge on any atom is -0.347 e. The van der Waals surface area contributed by atoms with E-state index in [1.165, 1.54) is 32.9 Å². The van der Waals surface area contributed by atoms with Crippen LogP contribution in [-0.4, -0.2) is 9.13 Å². The summed E-state index contributed by atoms with van der Waals surface area (Å²) in [5.41, 5.74) is 5.38. The van der Waals surface area contributed by atoms with Crippen LogP contribution in [0.15, 0.2) is 57.7 Å². The van der Waals surface area contributed by atoms with Gasteiger partial charge in [0, 0.05) is 62.2 Å². The molecule has 0 fully saturated rings. The van der Waals surface area contributed by atoms with Crippen LogP contribution >= 0.6 is 31.9 Å². The highest BCUT2D eigenvalue weighted by atomic mass is 79.9. The van der Waals surface area contributed by atoms with Crippen LogP contribution in [0.3, 0.4) is 0 Å². The molecule has 0 atom stereocenters. The van der Waals surface area contributed by atoms with Gasteiger partial charge in [0.05, 0.1) is 0 Å². The third-order valence-corrected chi connectivity index (χ3v) is 6.35. The van der Waals surface area contributed by atoms with E-state index in [-0.39, 0.29) is 0 Å². The van der Waals surface area contributed by atoms with E-state index in [0.717, 1.165) is 22.0 Å². The van der Waals surface area contributed by atoms with Crippen LogP contribution in [0, 0.1) is 0 Å². The predicted octanol–water partition coefficient (Wildman–Crippen LogP) is 7.31. The molecule has 2 aromatic heterocycles. The van der Waals surface area contributed by atoms with E-state index in [2.05, 4.69) is 111 Å². The Bertz CT molecular complexity index is 1020. The number of benzene rings is 2. The molecule has 0 saturated carbocycles. The van der Waals surface area contributed by atoms with Crippen molar-refractivity contribution in [3.63, 3.8) is 0 Å². The van der Waals surface area contributed by atoms with Crippen molar-refractivity contribution in [1.82, 2.24) is 9.13 Å². The van der Waals surface area contributed by atoms with Crippen molar-refractivity contribution in [1.29, 1.82) is 0 Å². The van der Waals surface area contributed by atoms with Crippen LogP contribution in [-0.2, 0) is 13.1 Å². The van der Waals surface area contributed by atoms with Gasteiger partial charge in [-0.2, -0.15) is 0 Å². The van der Waals surface area contributed by atoms with E-state index in [1.807, 2.05) is 0 Å². The second-order valence-electron chi connectivity index (χ2n) is 6.79. The lowest BCUT2D eigenvalue weighted by molar-refractivity contribution is 0.777. The van der Waals surface area contributed by atoms with Gasteiger partial charge in [-0.1, -0.05) is 38.8 Å². The van der Waals surface area contributed by atoms with E-state index in [0.29, 0.717) is 5.92 Å². The largest absolute Gasteiger partial charge is 0.347 e. The lowest BCUT2D eigenvalue weighted by atomic mass is 9.92. The summed E-state index contributed by atoms with van der Waals surface area (Å²) in [6, 6.07) is 13.2. The fraction of sp³-hybridized carbons (Fsp3) is 0.273. The molecule has 4 heteroatoms. The molecule has 0 N–H and O–H groups in total. The molecule has 2 nitrogen and oxygen atoms in total. The van der Waals surface area contributed by atoms with Crippen LogP contribution in [0.2, 0.25) is 0 Å². The van der Waals surface area contributed by atoms with Crippen molar-refractivity contribution in [2.45, 2.75) is 39.8 Å². The fourth-order valence-corrected chi connectivity index (χ4v) is 4.70. The van der Waals surface area contributed by atoms with E-state index in [1.54, 1.807) is 0 Å². The maximum atomic E-state index is 3.65. The molecule has 0 bridgehead atoms.